The fourth-order valence-corrected chi connectivity index (χ4v) is 2.03. The molecule has 0 aliphatic carbocycles. The molecule has 2 aromatic rings. The van der Waals surface area contributed by atoms with Gasteiger partial charge in [-0.05, 0) is 50.6 Å². The Morgan fingerprint density at radius 3 is 2.30 bits per heavy atom. The number of amides is 1. The minimum atomic E-state index is -0.0928. The van der Waals surface area contributed by atoms with Crippen LogP contribution in [0.2, 0.25) is 0 Å². The van der Waals surface area contributed by atoms with Crippen molar-refractivity contribution < 1.29 is 4.79 Å². The van der Waals surface area contributed by atoms with Crippen molar-refractivity contribution in [2.24, 2.45) is 0 Å². The number of carbonyl (C=O) groups is 1. The molecule has 0 saturated heterocycles. The van der Waals surface area contributed by atoms with Crippen molar-refractivity contribution >= 4 is 17.3 Å². The maximum atomic E-state index is 12.4. The Morgan fingerprint density at radius 2 is 1.65 bits per heavy atom. The molecule has 0 heterocycles. The van der Waals surface area contributed by atoms with E-state index in [9.17, 15) is 4.79 Å². The van der Waals surface area contributed by atoms with Crippen LogP contribution in [-0.2, 0) is 0 Å². The van der Waals surface area contributed by atoms with Gasteiger partial charge in [-0.2, -0.15) is 0 Å². The smallest absolute Gasteiger partial charge is 0.257 e. The summed E-state index contributed by atoms with van der Waals surface area (Å²) in [5, 5.41) is 6.16. The van der Waals surface area contributed by atoms with Crippen LogP contribution in [0.15, 0.2) is 42.5 Å². The van der Waals surface area contributed by atoms with E-state index in [4.69, 9.17) is 0 Å². The van der Waals surface area contributed by atoms with E-state index in [-0.39, 0.29) is 5.91 Å². The van der Waals surface area contributed by atoms with Crippen LogP contribution in [0.5, 0.6) is 0 Å². The van der Waals surface area contributed by atoms with Gasteiger partial charge in [0.05, 0.1) is 5.56 Å². The van der Waals surface area contributed by atoms with Crippen LogP contribution in [0.1, 0.15) is 28.4 Å². The van der Waals surface area contributed by atoms with Crippen LogP contribution in [0.3, 0.4) is 0 Å². The summed E-state index contributed by atoms with van der Waals surface area (Å²) >= 11 is 0. The van der Waals surface area contributed by atoms with Crippen molar-refractivity contribution in [2.45, 2.75) is 20.8 Å². The zero-order valence-electron chi connectivity index (χ0n) is 12.2. The molecule has 3 nitrogen and oxygen atoms in total. The van der Waals surface area contributed by atoms with E-state index < -0.39 is 0 Å². The van der Waals surface area contributed by atoms with Gasteiger partial charge >= 0.3 is 0 Å². The first-order chi connectivity index (χ1) is 9.60. The zero-order chi connectivity index (χ0) is 14.5. The van der Waals surface area contributed by atoms with Crippen molar-refractivity contribution in [3.05, 3.63) is 59.2 Å². The minimum absolute atomic E-state index is 0.0928. The number of anilines is 2. The molecule has 0 bridgehead atoms. The normalized spacial score (nSPS) is 10.2. The highest BCUT2D eigenvalue weighted by Crippen LogP contribution is 2.19. The molecule has 2 N–H and O–H groups in total. The molecule has 0 aliphatic heterocycles. The first-order valence-corrected chi connectivity index (χ1v) is 6.82. The van der Waals surface area contributed by atoms with Crippen LogP contribution < -0.4 is 10.6 Å². The van der Waals surface area contributed by atoms with Crippen molar-refractivity contribution in [3.63, 3.8) is 0 Å². The molecule has 0 saturated carbocycles. The van der Waals surface area contributed by atoms with Gasteiger partial charge in [0.15, 0.2) is 0 Å². The summed E-state index contributed by atoms with van der Waals surface area (Å²) in [6.07, 6.45) is 0. The summed E-state index contributed by atoms with van der Waals surface area (Å²) in [4.78, 5) is 12.4. The monoisotopic (exact) mass is 268 g/mol. The van der Waals surface area contributed by atoms with Crippen molar-refractivity contribution in [1.82, 2.24) is 0 Å². The van der Waals surface area contributed by atoms with E-state index in [1.807, 2.05) is 63.2 Å². The zero-order valence-corrected chi connectivity index (χ0v) is 12.2. The van der Waals surface area contributed by atoms with Gasteiger partial charge in [0, 0.05) is 17.9 Å². The summed E-state index contributed by atoms with van der Waals surface area (Å²) in [6.45, 7) is 6.84. The molecule has 2 rings (SSSR count). The third-order valence-corrected chi connectivity index (χ3v) is 3.10. The van der Waals surface area contributed by atoms with Gasteiger partial charge in [-0.3, -0.25) is 4.79 Å². The highest BCUT2D eigenvalue weighted by atomic mass is 16.1. The second-order valence-electron chi connectivity index (χ2n) is 4.90. The molecule has 3 heteroatoms. The predicted molar refractivity (Wildman–Crippen MR) is 84.5 cm³/mol. The van der Waals surface area contributed by atoms with E-state index in [1.54, 1.807) is 0 Å². The lowest BCUT2D eigenvalue weighted by atomic mass is 10.1. The second kappa shape index (κ2) is 6.24. The Labute approximate surface area is 120 Å². The van der Waals surface area contributed by atoms with Crippen LogP contribution in [-0.4, -0.2) is 12.5 Å². The van der Waals surface area contributed by atoms with E-state index >= 15 is 0 Å². The fraction of sp³-hybridized carbons (Fsp3) is 0.235. The highest BCUT2D eigenvalue weighted by molar-refractivity contribution is 6.08. The summed E-state index contributed by atoms with van der Waals surface area (Å²) in [5.74, 6) is -0.0928. The lowest BCUT2D eigenvalue weighted by molar-refractivity contribution is 0.102. The van der Waals surface area contributed by atoms with Gasteiger partial charge in [0.1, 0.15) is 0 Å². The molecule has 0 atom stereocenters. The quantitative estimate of drug-likeness (QED) is 0.880. The van der Waals surface area contributed by atoms with Crippen molar-refractivity contribution in [1.29, 1.82) is 0 Å². The first kappa shape index (κ1) is 14.1. The SMILES string of the molecule is CCNc1cc(C)ccc1C(=O)Nc1ccc(C)cc1. The largest absolute Gasteiger partial charge is 0.385 e. The van der Waals surface area contributed by atoms with E-state index in [1.165, 1.54) is 5.56 Å². The summed E-state index contributed by atoms with van der Waals surface area (Å²) < 4.78 is 0. The number of hydrogen-bond acceptors (Lipinski definition) is 2. The lowest BCUT2D eigenvalue weighted by Gasteiger charge is -2.12. The standard InChI is InChI=1S/C17H20N2O/c1-4-18-16-11-13(3)7-10-15(16)17(20)19-14-8-5-12(2)6-9-14/h5-11,18H,4H2,1-3H3,(H,19,20). The van der Waals surface area contributed by atoms with Gasteiger partial charge < -0.3 is 10.6 Å². The topological polar surface area (TPSA) is 41.1 Å². The first-order valence-electron chi connectivity index (χ1n) is 6.82. The summed E-state index contributed by atoms with van der Waals surface area (Å²) in [6, 6.07) is 13.6. The maximum Gasteiger partial charge on any atom is 0.257 e. The van der Waals surface area contributed by atoms with Crippen LogP contribution >= 0.6 is 0 Å². The number of benzene rings is 2. The Balaban J connectivity index is 2.22. The van der Waals surface area contributed by atoms with Gasteiger partial charge in [0.2, 0.25) is 0 Å². The minimum Gasteiger partial charge on any atom is -0.385 e. The molecule has 0 aromatic heterocycles. The Morgan fingerprint density at radius 1 is 1.00 bits per heavy atom. The highest BCUT2D eigenvalue weighted by Gasteiger charge is 2.11. The third-order valence-electron chi connectivity index (χ3n) is 3.10. The van der Waals surface area contributed by atoms with Gasteiger partial charge in [-0.1, -0.05) is 23.8 Å². The molecule has 0 fully saturated rings. The molecule has 0 spiro atoms. The van der Waals surface area contributed by atoms with Crippen LogP contribution in [0.25, 0.3) is 0 Å². The Kier molecular flexibility index (Phi) is 4.41. The summed E-state index contributed by atoms with van der Waals surface area (Å²) in [5.41, 5.74) is 4.65. The number of aryl methyl sites for hydroxylation is 2. The molecule has 104 valence electrons. The van der Waals surface area contributed by atoms with Gasteiger partial charge in [-0.15, -0.1) is 0 Å². The average molecular weight is 268 g/mol. The fourth-order valence-electron chi connectivity index (χ4n) is 2.03. The average Bonchev–Trinajstić information content (AvgIpc) is 2.42. The molecule has 0 radical (unpaired) electrons. The van der Waals surface area contributed by atoms with Crippen LogP contribution in [0, 0.1) is 13.8 Å². The molecular formula is C17H20N2O. The van der Waals surface area contributed by atoms with Gasteiger partial charge in [0.25, 0.3) is 5.91 Å². The summed E-state index contributed by atoms with van der Waals surface area (Å²) in [7, 11) is 0. The van der Waals surface area contributed by atoms with E-state index in [2.05, 4.69) is 10.6 Å². The number of carbonyl (C=O) groups excluding carboxylic acids is 1. The molecular weight excluding hydrogens is 248 g/mol. The van der Waals surface area contributed by atoms with Crippen LogP contribution in [0.4, 0.5) is 11.4 Å². The number of nitrogens with one attached hydrogen (secondary N) is 2. The molecule has 0 unspecified atom stereocenters. The third kappa shape index (κ3) is 3.38. The molecule has 1 amide bonds. The Bertz CT molecular complexity index is 603. The predicted octanol–water partition coefficient (Wildman–Crippen LogP) is 3.99. The van der Waals surface area contributed by atoms with E-state index in [0.717, 1.165) is 23.5 Å². The maximum absolute atomic E-state index is 12.4. The van der Waals surface area contributed by atoms with Gasteiger partial charge in [-0.25, -0.2) is 0 Å². The second-order valence-corrected chi connectivity index (χ2v) is 4.90. The Hall–Kier alpha value is -2.29. The lowest BCUT2D eigenvalue weighted by Crippen LogP contribution is -2.15. The number of hydrogen-bond donors (Lipinski definition) is 2. The van der Waals surface area contributed by atoms with E-state index in [0.29, 0.717) is 5.56 Å². The molecule has 2 aromatic carbocycles. The van der Waals surface area contributed by atoms with Crippen molar-refractivity contribution in [3.8, 4) is 0 Å². The number of rotatable bonds is 4. The molecule has 0 aliphatic rings. The van der Waals surface area contributed by atoms with Crippen molar-refractivity contribution in [2.75, 3.05) is 17.2 Å². The molecule has 20 heavy (non-hydrogen) atoms.